The Kier molecular flexibility index (Phi) is 13.3. The standard InChI is InChI=1S/C43H40F15N5O5/c1-6-21-17(2)26-14-30-24(16-64)19(4)25(61-30)13-27-18(3)22(34(62-27)23-12-31(65)33-20(5)28(63-35(23)33)15-29(21)60-26)8-9-32(66)68-11-7-10-59-36(67)37(44,45)38(46,47)39(48,49)40(50,51)41(52,53)42(54,55)43(56,57)58/h13-15,18,22,62,64-65H,6-12,16H2,1-5H3,(H,59,67)/t18-,22-/m0/s1. The van der Waals surface area contributed by atoms with Gasteiger partial charge in [-0.05, 0) is 80.6 Å². The van der Waals surface area contributed by atoms with Gasteiger partial charge in [-0.2, -0.15) is 65.9 Å². The first kappa shape index (κ1) is 51.8. The monoisotopic (exact) mass is 991 g/mol. The number of aliphatic hydroxyl groups excluding tert-OH is 2. The molecule has 0 spiro atoms. The Morgan fingerprint density at radius 3 is 1.93 bits per heavy atom. The van der Waals surface area contributed by atoms with Crippen LogP contribution in [0.4, 0.5) is 65.9 Å². The van der Waals surface area contributed by atoms with Crippen molar-refractivity contribution in [2.45, 2.75) is 108 Å². The number of carbonyl (C=O) groups is 2. The summed E-state index contributed by atoms with van der Waals surface area (Å²) in [5, 5.41) is 26.0. The summed E-state index contributed by atoms with van der Waals surface area (Å²) in [5.74, 6) is -54.0. The largest absolute Gasteiger partial charge is 0.511 e. The summed E-state index contributed by atoms with van der Waals surface area (Å²) in [4.78, 5) is 39.4. The minimum absolute atomic E-state index is 0.0350. The first-order valence-electron chi connectivity index (χ1n) is 20.6. The molecule has 0 aromatic heterocycles. The van der Waals surface area contributed by atoms with E-state index in [1.165, 1.54) is 0 Å². The third-order valence-electron chi connectivity index (χ3n) is 12.5. The van der Waals surface area contributed by atoms with Gasteiger partial charge in [-0.3, -0.25) is 9.59 Å². The van der Waals surface area contributed by atoms with Gasteiger partial charge in [0.25, 0.3) is 5.91 Å². The summed E-state index contributed by atoms with van der Waals surface area (Å²) in [6.45, 7) is 6.94. The Morgan fingerprint density at radius 1 is 0.779 bits per heavy atom. The molecule has 0 unspecified atom stereocenters. The van der Waals surface area contributed by atoms with Gasteiger partial charge in [-0.25, -0.2) is 15.0 Å². The fourth-order valence-corrected chi connectivity index (χ4v) is 8.38. The average Bonchev–Trinajstić information content (AvgIpc) is 4.00. The van der Waals surface area contributed by atoms with Crippen LogP contribution < -0.4 is 10.6 Å². The number of amides is 1. The molecule has 5 aliphatic heterocycles. The van der Waals surface area contributed by atoms with Crippen molar-refractivity contribution in [1.82, 2.24) is 10.6 Å². The number of aliphatic hydroxyl groups is 2. The van der Waals surface area contributed by atoms with Crippen molar-refractivity contribution in [2.75, 3.05) is 19.8 Å². The second-order valence-corrected chi connectivity index (χ2v) is 16.6. The number of nitrogens with one attached hydrogen (secondary N) is 2. The number of hydrogen-bond donors (Lipinski definition) is 4. The van der Waals surface area contributed by atoms with Gasteiger partial charge in [0.05, 0.1) is 47.4 Å². The van der Waals surface area contributed by atoms with Gasteiger partial charge < -0.3 is 25.6 Å². The summed E-state index contributed by atoms with van der Waals surface area (Å²) < 4.78 is 208. The molecule has 5 heterocycles. The van der Waals surface area contributed by atoms with Gasteiger partial charge in [-0.1, -0.05) is 13.8 Å². The molecule has 25 heteroatoms. The van der Waals surface area contributed by atoms with Crippen LogP contribution in [0, 0.1) is 11.8 Å². The van der Waals surface area contributed by atoms with E-state index in [0.29, 0.717) is 79.9 Å². The number of halogens is 15. The molecule has 0 aromatic carbocycles. The van der Waals surface area contributed by atoms with Crippen molar-refractivity contribution in [3.63, 3.8) is 0 Å². The van der Waals surface area contributed by atoms with E-state index in [-0.39, 0.29) is 31.6 Å². The van der Waals surface area contributed by atoms with Crippen molar-refractivity contribution in [3.05, 3.63) is 91.5 Å². The number of alkyl halides is 15. The van der Waals surface area contributed by atoms with Crippen LogP contribution in [0.15, 0.2) is 106 Å². The van der Waals surface area contributed by atoms with Crippen LogP contribution in [0.1, 0.15) is 66.7 Å². The molecule has 8 bridgehead atoms. The quantitative estimate of drug-likeness (QED) is 0.0731. The van der Waals surface area contributed by atoms with E-state index in [2.05, 4.69) is 5.32 Å². The maximum absolute atomic E-state index is 14.3. The number of nitrogens with zero attached hydrogens (tertiary/aromatic N) is 3. The number of hydrogen-bond acceptors (Lipinski definition) is 9. The van der Waals surface area contributed by atoms with Gasteiger partial charge in [-0.15, -0.1) is 0 Å². The zero-order valence-electron chi connectivity index (χ0n) is 36.2. The normalized spacial score (nSPS) is 21.6. The van der Waals surface area contributed by atoms with E-state index in [0.717, 1.165) is 16.5 Å². The molecule has 4 N–H and O–H groups in total. The highest BCUT2D eigenvalue weighted by Crippen LogP contribution is 2.62. The molecule has 10 nitrogen and oxygen atoms in total. The Morgan fingerprint density at radius 2 is 1.34 bits per heavy atom. The highest BCUT2D eigenvalue weighted by Gasteiger charge is 2.94. The van der Waals surface area contributed by atoms with Gasteiger partial charge in [0.2, 0.25) is 0 Å². The zero-order valence-corrected chi connectivity index (χ0v) is 36.2. The van der Waals surface area contributed by atoms with Crippen molar-refractivity contribution >= 4 is 29.0 Å². The highest BCUT2D eigenvalue weighted by molar-refractivity contribution is 6.21. The lowest BCUT2D eigenvalue weighted by atomic mass is 9.86. The number of allylic oxidation sites excluding steroid dienone is 11. The Bertz CT molecular complexity index is 2570. The van der Waals surface area contributed by atoms with Crippen LogP contribution in [0.2, 0.25) is 0 Å². The molecule has 1 aliphatic carbocycles. The molecule has 6 rings (SSSR count). The van der Waals surface area contributed by atoms with Gasteiger partial charge in [0.1, 0.15) is 5.76 Å². The van der Waals surface area contributed by atoms with E-state index >= 15 is 0 Å². The molecular formula is C43H40F15N5O5. The number of esters is 1. The summed E-state index contributed by atoms with van der Waals surface area (Å²) in [6.07, 6.45) is -2.78. The maximum atomic E-state index is 14.3. The molecule has 1 saturated heterocycles. The van der Waals surface area contributed by atoms with E-state index in [4.69, 9.17) is 19.7 Å². The molecule has 0 saturated carbocycles. The van der Waals surface area contributed by atoms with Crippen LogP contribution in [0.3, 0.4) is 0 Å². The fraction of sp³-hybridized carbons (Fsp3) is 0.512. The number of carbonyl (C=O) groups excluding carboxylic acids is 2. The van der Waals surface area contributed by atoms with Crippen LogP contribution in [-0.2, 0) is 14.3 Å². The van der Waals surface area contributed by atoms with E-state index in [1.807, 2.05) is 26.8 Å². The first-order valence-corrected chi connectivity index (χ1v) is 20.6. The predicted octanol–water partition coefficient (Wildman–Crippen LogP) is 9.85. The molecule has 1 fully saturated rings. The Labute approximate surface area is 376 Å². The van der Waals surface area contributed by atoms with Gasteiger partial charge in [0.15, 0.2) is 0 Å². The third-order valence-corrected chi connectivity index (χ3v) is 12.5. The van der Waals surface area contributed by atoms with E-state index < -0.39 is 85.0 Å². The molecular weight excluding hydrogens is 951 g/mol. The minimum Gasteiger partial charge on any atom is -0.511 e. The Balaban J connectivity index is 1.16. The van der Waals surface area contributed by atoms with Crippen LogP contribution in [0.25, 0.3) is 0 Å². The lowest BCUT2D eigenvalue weighted by Crippen LogP contribution is -2.74. The van der Waals surface area contributed by atoms with Crippen molar-refractivity contribution in [1.29, 1.82) is 0 Å². The van der Waals surface area contributed by atoms with Crippen molar-refractivity contribution in [2.24, 2.45) is 26.8 Å². The highest BCUT2D eigenvalue weighted by atomic mass is 19.4. The molecule has 0 aromatic rings. The predicted molar refractivity (Wildman–Crippen MR) is 213 cm³/mol. The lowest BCUT2D eigenvalue weighted by Gasteiger charge is -2.41. The van der Waals surface area contributed by atoms with Gasteiger partial charge >= 0.3 is 47.7 Å². The maximum Gasteiger partial charge on any atom is 0.460 e. The molecule has 6 aliphatic rings. The molecule has 68 heavy (non-hydrogen) atoms. The summed E-state index contributed by atoms with van der Waals surface area (Å²) in [6, 6.07) is 0. The first-order chi connectivity index (χ1) is 31.2. The van der Waals surface area contributed by atoms with Crippen molar-refractivity contribution in [3.8, 4) is 0 Å². The summed E-state index contributed by atoms with van der Waals surface area (Å²) in [5.41, 5.74) is 9.42. The second-order valence-electron chi connectivity index (χ2n) is 16.6. The summed E-state index contributed by atoms with van der Waals surface area (Å²) >= 11 is 0. The molecule has 0 radical (unpaired) electrons. The molecule has 2 atom stereocenters. The van der Waals surface area contributed by atoms with Gasteiger partial charge in [0, 0.05) is 59.3 Å². The number of rotatable bonds is 15. The lowest BCUT2D eigenvalue weighted by molar-refractivity contribution is -0.449. The zero-order chi connectivity index (χ0) is 51.1. The van der Waals surface area contributed by atoms with Crippen molar-refractivity contribution < 1.29 is 90.4 Å². The fourth-order valence-electron chi connectivity index (χ4n) is 8.38. The van der Waals surface area contributed by atoms with E-state index in [1.54, 1.807) is 26.0 Å². The Hall–Kier alpha value is -5.62. The van der Waals surface area contributed by atoms with Crippen LogP contribution in [-0.4, -0.2) is 101 Å². The number of aliphatic imine (C=N–C) groups is 3. The smallest absolute Gasteiger partial charge is 0.460 e. The minimum atomic E-state index is -8.53. The topological polar surface area (TPSA) is 145 Å². The average molecular weight is 992 g/mol. The molecule has 372 valence electrons. The number of fused-ring (bicyclic) bond motifs is 5. The number of ether oxygens (including phenoxy) is 1. The third kappa shape index (κ3) is 7.98. The van der Waals surface area contributed by atoms with Crippen LogP contribution >= 0.6 is 0 Å². The van der Waals surface area contributed by atoms with Crippen LogP contribution in [0.5, 0.6) is 0 Å². The second kappa shape index (κ2) is 17.4. The SMILES string of the molecule is CCC1=C(C)C2=NC1=CC1=C(C)C3=C(O)CC(=C4NC(=CC5=NC(=C2)C(CO)=C5C)[C@@H](C)[C@@H]4CCC(=O)OCCCNC(=O)C(F)(F)C(F)(F)C(F)(F)C(F)(F)C(F)(F)C(F)(F)C(F)(F)F)C3=N1. The van der Waals surface area contributed by atoms with E-state index in [9.17, 15) is 85.7 Å². The molecule has 1 amide bonds. The summed E-state index contributed by atoms with van der Waals surface area (Å²) in [7, 11) is 0.